The van der Waals surface area contributed by atoms with Crippen molar-refractivity contribution < 1.29 is 22.4 Å². The van der Waals surface area contributed by atoms with Gasteiger partial charge in [0.2, 0.25) is 5.91 Å². The van der Waals surface area contributed by atoms with Gasteiger partial charge in [-0.1, -0.05) is 6.92 Å². The zero-order valence-electron chi connectivity index (χ0n) is 13.7. The van der Waals surface area contributed by atoms with Gasteiger partial charge in [0.05, 0.1) is 10.6 Å². The van der Waals surface area contributed by atoms with Gasteiger partial charge in [0, 0.05) is 22.4 Å². The SMILES string of the molecule is CCS(=O)(=O)c1ccc(C(=O)Nc2cc(C(N)=O)cc(F)c2C)cc1. The number of anilines is 1. The standard InChI is InChI=1S/C17H17FN2O4S/c1-3-25(23,24)13-6-4-11(5-7-13)17(22)20-15-9-12(16(19)21)8-14(18)10(15)2/h4-9H,3H2,1-2H3,(H2,19,21)(H,20,22). The predicted molar refractivity (Wildman–Crippen MR) is 91.8 cm³/mol. The number of benzene rings is 2. The first-order valence-electron chi connectivity index (χ1n) is 7.40. The fourth-order valence-corrected chi connectivity index (χ4v) is 3.01. The molecule has 0 heterocycles. The third-order valence-electron chi connectivity index (χ3n) is 3.73. The van der Waals surface area contributed by atoms with E-state index in [1.54, 1.807) is 0 Å². The first kappa shape index (κ1) is 18.6. The van der Waals surface area contributed by atoms with E-state index in [4.69, 9.17) is 5.73 Å². The van der Waals surface area contributed by atoms with Crippen LogP contribution >= 0.6 is 0 Å². The lowest BCUT2D eigenvalue weighted by Crippen LogP contribution is -2.16. The normalized spacial score (nSPS) is 11.2. The summed E-state index contributed by atoms with van der Waals surface area (Å²) in [7, 11) is -3.36. The minimum atomic E-state index is -3.36. The van der Waals surface area contributed by atoms with Crippen LogP contribution in [0.5, 0.6) is 0 Å². The molecule has 2 rings (SSSR count). The van der Waals surface area contributed by atoms with E-state index in [2.05, 4.69) is 5.32 Å². The molecule has 2 amide bonds. The molecule has 0 spiro atoms. The van der Waals surface area contributed by atoms with Gasteiger partial charge in [-0.15, -0.1) is 0 Å². The van der Waals surface area contributed by atoms with Gasteiger partial charge in [-0.2, -0.15) is 0 Å². The van der Waals surface area contributed by atoms with E-state index in [0.29, 0.717) is 0 Å². The molecule has 0 fully saturated rings. The third kappa shape index (κ3) is 4.03. The van der Waals surface area contributed by atoms with Gasteiger partial charge in [0.1, 0.15) is 5.82 Å². The predicted octanol–water partition coefficient (Wildman–Crippen LogP) is 2.28. The molecule has 0 aliphatic carbocycles. The van der Waals surface area contributed by atoms with Gasteiger partial charge in [0.15, 0.2) is 9.84 Å². The molecule has 2 aromatic carbocycles. The highest BCUT2D eigenvalue weighted by molar-refractivity contribution is 7.91. The summed E-state index contributed by atoms with van der Waals surface area (Å²) >= 11 is 0. The maximum absolute atomic E-state index is 13.9. The average molecular weight is 364 g/mol. The lowest BCUT2D eigenvalue weighted by Gasteiger charge is -2.11. The van der Waals surface area contributed by atoms with Crippen LogP contribution in [0.25, 0.3) is 0 Å². The van der Waals surface area contributed by atoms with Crippen LogP contribution in [-0.2, 0) is 9.84 Å². The van der Waals surface area contributed by atoms with Crippen LogP contribution in [0.1, 0.15) is 33.2 Å². The number of primary amides is 1. The Bertz CT molecular complexity index is 938. The van der Waals surface area contributed by atoms with Gasteiger partial charge in [-0.3, -0.25) is 9.59 Å². The van der Waals surface area contributed by atoms with Crippen molar-refractivity contribution in [3.63, 3.8) is 0 Å². The number of hydrogen-bond acceptors (Lipinski definition) is 4. The van der Waals surface area contributed by atoms with E-state index in [-0.39, 0.29) is 33.0 Å². The van der Waals surface area contributed by atoms with Crippen LogP contribution in [-0.4, -0.2) is 26.0 Å². The second-order valence-electron chi connectivity index (χ2n) is 5.38. The smallest absolute Gasteiger partial charge is 0.255 e. The molecule has 3 N–H and O–H groups in total. The molecule has 0 radical (unpaired) electrons. The lowest BCUT2D eigenvalue weighted by atomic mass is 10.1. The van der Waals surface area contributed by atoms with Crippen LogP contribution in [0, 0.1) is 12.7 Å². The van der Waals surface area contributed by atoms with Gasteiger partial charge in [0.25, 0.3) is 5.91 Å². The number of rotatable bonds is 5. The number of carbonyl (C=O) groups excluding carboxylic acids is 2. The number of halogens is 1. The molecule has 25 heavy (non-hydrogen) atoms. The largest absolute Gasteiger partial charge is 0.366 e. The molecular formula is C17H17FN2O4S. The summed E-state index contributed by atoms with van der Waals surface area (Å²) in [5.74, 6) is -2.10. The van der Waals surface area contributed by atoms with Crippen LogP contribution < -0.4 is 11.1 Å². The molecule has 0 saturated carbocycles. The second kappa shape index (κ2) is 7.02. The minimum absolute atomic E-state index is 0.0447. The summed E-state index contributed by atoms with van der Waals surface area (Å²) in [5, 5.41) is 2.50. The maximum Gasteiger partial charge on any atom is 0.255 e. The summed E-state index contributed by atoms with van der Waals surface area (Å²) in [5.41, 5.74) is 5.54. The van der Waals surface area contributed by atoms with Crippen molar-refractivity contribution in [2.75, 3.05) is 11.1 Å². The number of sulfone groups is 1. The van der Waals surface area contributed by atoms with Crippen molar-refractivity contribution >= 4 is 27.3 Å². The Balaban J connectivity index is 2.30. The van der Waals surface area contributed by atoms with E-state index < -0.39 is 27.5 Å². The molecule has 0 aliphatic rings. The molecule has 0 aliphatic heterocycles. The first-order valence-corrected chi connectivity index (χ1v) is 9.05. The van der Waals surface area contributed by atoms with E-state index in [1.807, 2.05) is 0 Å². The molecule has 6 nitrogen and oxygen atoms in total. The van der Waals surface area contributed by atoms with Crippen molar-refractivity contribution in [3.05, 3.63) is 58.9 Å². The van der Waals surface area contributed by atoms with Crippen molar-refractivity contribution in [1.82, 2.24) is 0 Å². The molecular weight excluding hydrogens is 347 g/mol. The molecule has 0 saturated heterocycles. The number of nitrogens with two attached hydrogens (primary N) is 1. The highest BCUT2D eigenvalue weighted by Crippen LogP contribution is 2.22. The van der Waals surface area contributed by atoms with E-state index in [1.165, 1.54) is 44.2 Å². The number of carbonyl (C=O) groups is 2. The topological polar surface area (TPSA) is 106 Å². The Morgan fingerprint density at radius 1 is 1.12 bits per heavy atom. The van der Waals surface area contributed by atoms with Crippen molar-refractivity contribution in [1.29, 1.82) is 0 Å². The van der Waals surface area contributed by atoms with Crippen molar-refractivity contribution in [2.24, 2.45) is 5.73 Å². The molecule has 0 bridgehead atoms. The first-order chi connectivity index (χ1) is 11.7. The highest BCUT2D eigenvalue weighted by atomic mass is 32.2. The van der Waals surface area contributed by atoms with Crippen molar-refractivity contribution in [3.8, 4) is 0 Å². The minimum Gasteiger partial charge on any atom is -0.366 e. The quantitative estimate of drug-likeness (QED) is 0.849. The summed E-state index contributed by atoms with van der Waals surface area (Å²) in [6, 6.07) is 7.68. The molecule has 132 valence electrons. The van der Waals surface area contributed by atoms with Crippen molar-refractivity contribution in [2.45, 2.75) is 18.7 Å². The highest BCUT2D eigenvalue weighted by Gasteiger charge is 2.15. The Morgan fingerprint density at radius 2 is 1.72 bits per heavy atom. The number of hydrogen-bond donors (Lipinski definition) is 2. The van der Waals surface area contributed by atoms with E-state index >= 15 is 0 Å². The molecule has 0 unspecified atom stereocenters. The third-order valence-corrected chi connectivity index (χ3v) is 5.48. The molecule has 0 aromatic heterocycles. The summed E-state index contributed by atoms with van der Waals surface area (Å²) in [6.07, 6.45) is 0. The van der Waals surface area contributed by atoms with Crippen LogP contribution in [0.15, 0.2) is 41.3 Å². The summed E-state index contributed by atoms with van der Waals surface area (Å²) in [4.78, 5) is 23.6. The molecule has 0 atom stereocenters. The van der Waals surface area contributed by atoms with E-state index in [9.17, 15) is 22.4 Å². The molecule has 8 heteroatoms. The van der Waals surface area contributed by atoms with E-state index in [0.717, 1.165) is 6.07 Å². The number of nitrogens with one attached hydrogen (secondary N) is 1. The zero-order valence-corrected chi connectivity index (χ0v) is 14.5. The monoisotopic (exact) mass is 364 g/mol. The number of amides is 2. The van der Waals surface area contributed by atoms with Gasteiger partial charge < -0.3 is 11.1 Å². The van der Waals surface area contributed by atoms with Crippen LogP contribution in [0.4, 0.5) is 10.1 Å². The lowest BCUT2D eigenvalue weighted by molar-refractivity contribution is 0.0995. The van der Waals surface area contributed by atoms with Gasteiger partial charge in [-0.25, -0.2) is 12.8 Å². The fraction of sp³-hybridized carbons (Fsp3) is 0.176. The van der Waals surface area contributed by atoms with Crippen LogP contribution in [0.3, 0.4) is 0 Å². The maximum atomic E-state index is 13.9. The fourth-order valence-electron chi connectivity index (χ4n) is 2.13. The zero-order chi connectivity index (χ0) is 18.8. The van der Waals surface area contributed by atoms with Gasteiger partial charge in [-0.05, 0) is 43.3 Å². The van der Waals surface area contributed by atoms with Crippen LogP contribution in [0.2, 0.25) is 0 Å². The molecule has 2 aromatic rings. The average Bonchev–Trinajstić information content (AvgIpc) is 2.58. The summed E-state index contributed by atoms with van der Waals surface area (Å²) < 4.78 is 37.4. The Labute approximate surface area is 144 Å². The Kier molecular flexibility index (Phi) is 5.22. The Hall–Kier alpha value is -2.74. The Morgan fingerprint density at radius 3 is 2.24 bits per heavy atom. The summed E-state index contributed by atoms with van der Waals surface area (Å²) in [6.45, 7) is 2.98. The second-order valence-corrected chi connectivity index (χ2v) is 7.66. The van der Waals surface area contributed by atoms with Gasteiger partial charge >= 0.3 is 0 Å².